The van der Waals surface area contributed by atoms with Crippen LogP contribution in [0.3, 0.4) is 0 Å². The number of nitrogens with zero attached hydrogens (tertiary/aromatic N) is 4. The van der Waals surface area contributed by atoms with Crippen molar-refractivity contribution in [3.63, 3.8) is 0 Å². The summed E-state index contributed by atoms with van der Waals surface area (Å²) >= 11 is 0. The number of para-hydroxylation sites is 1. The lowest BCUT2D eigenvalue weighted by atomic mass is 10.1. The molecule has 176 valence electrons. The lowest BCUT2D eigenvalue weighted by Gasteiger charge is -2.36. The van der Waals surface area contributed by atoms with Crippen LogP contribution >= 0.6 is 0 Å². The van der Waals surface area contributed by atoms with Crippen LogP contribution in [0.5, 0.6) is 0 Å². The monoisotopic (exact) mass is 449 g/mol. The maximum atomic E-state index is 12.8. The summed E-state index contributed by atoms with van der Waals surface area (Å²) in [7, 11) is 1.78. The van der Waals surface area contributed by atoms with E-state index in [-0.39, 0.29) is 12.5 Å². The third kappa shape index (κ3) is 6.48. The Morgan fingerprint density at radius 1 is 0.970 bits per heavy atom. The first-order chi connectivity index (χ1) is 16.2. The molecule has 0 radical (unpaired) electrons. The number of aliphatic imine (C=N–C) groups is 1. The first-order valence-electron chi connectivity index (χ1n) is 11.9. The van der Waals surface area contributed by atoms with E-state index >= 15 is 0 Å². The van der Waals surface area contributed by atoms with Crippen LogP contribution in [0.1, 0.15) is 12.0 Å². The molecule has 33 heavy (non-hydrogen) atoms. The summed E-state index contributed by atoms with van der Waals surface area (Å²) in [5, 5.41) is 3.28. The topological polar surface area (TPSA) is 60.4 Å². The van der Waals surface area contributed by atoms with Gasteiger partial charge in [0.1, 0.15) is 0 Å². The van der Waals surface area contributed by atoms with Crippen LogP contribution in [0.15, 0.2) is 65.7 Å². The van der Waals surface area contributed by atoms with Crippen LogP contribution < -0.4 is 10.2 Å². The Morgan fingerprint density at radius 2 is 1.67 bits per heavy atom. The van der Waals surface area contributed by atoms with E-state index in [1.165, 1.54) is 11.3 Å². The van der Waals surface area contributed by atoms with Crippen LogP contribution in [-0.2, 0) is 16.1 Å². The second-order valence-electron chi connectivity index (χ2n) is 8.71. The van der Waals surface area contributed by atoms with E-state index in [1.54, 1.807) is 7.05 Å². The number of carbonyl (C=O) groups excluding carboxylic acids is 1. The molecule has 7 heteroatoms. The van der Waals surface area contributed by atoms with Gasteiger partial charge in [0, 0.05) is 57.9 Å². The largest absolute Gasteiger partial charge is 0.376 e. The summed E-state index contributed by atoms with van der Waals surface area (Å²) in [4.78, 5) is 23.7. The third-order valence-corrected chi connectivity index (χ3v) is 6.41. The number of amides is 1. The maximum absolute atomic E-state index is 12.8. The number of benzene rings is 2. The Hall–Kier alpha value is -3.06. The highest BCUT2D eigenvalue weighted by atomic mass is 16.5. The van der Waals surface area contributed by atoms with Gasteiger partial charge in [-0.05, 0) is 24.1 Å². The van der Waals surface area contributed by atoms with Crippen molar-refractivity contribution < 1.29 is 9.53 Å². The average Bonchev–Trinajstić information content (AvgIpc) is 3.34. The molecule has 1 atom stereocenters. The highest BCUT2D eigenvalue weighted by Crippen LogP contribution is 2.18. The van der Waals surface area contributed by atoms with Crippen LogP contribution in [-0.4, -0.2) is 81.1 Å². The van der Waals surface area contributed by atoms with Crippen molar-refractivity contribution in [3.05, 3.63) is 66.2 Å². The lowest BCUT2D eigenvalue weighted by molar-refractivity contribution is -0.130. The van der Waals surface area contributed by atoms with Gasteiger partial charge in [-0.15, -0.1) is 0 Å². The summed E-state index contributed by atoms with van der Waals surface area (Å²) in [5.74, 6) is 1.41. The van der Waals surface area contributed by atoms with Crippen LogP contribution in [0.4, 0.5) is 5.69 Å². The van der Waals surface area contributed by atoms with Gasteiger partial charge in [-0.25, -0.2) is 0 Å². The van der Waals surface area contributed by atoms with Crippen LogP contribution in [0, 0.1) is 5.92 Å². The molecular weight excluding hydrogens is 414 g/mol. The van der Waals surface area contributed by atoms with Gasteiger partial charge in [0.15, 0.2) is 5.96 Å². The summed E-state index contributed by atoms with van der Waals surface area (Å²) in [5.41, 5.74) is 2.42. The molecule has 7 nitrogen and oxygen atoms in total. The van der Waals surface area contributed by atoms with Gasteiger partial charge in [0.25, 0.3) is 0 Å². The number of likely N-dealkylation sites (tertiary alicyclic amines) is 1. The molecule has 0 aromatic heterocycles. The normalized spacial score (nSPS) is 19.1. The van der Waals surface area contributed by atoms with E-state index in [1.807, 2.05) is 29.2 Å². The molecule has 0 aliphatic carbocycles. The van der Waals surface area contributed by atoms with Crippen molar-refractivity contribution in [3.8, 4) is 0 Å². The van der Waals surface area contributed by atoms with Gasteiger partial charge in [0.05, 0.1) is 19.8 Å². The molecular formula is C26H35N5O2. The number of piperazine rings is 1. The quantitative estimate of drug-likeness (QED) is 0.520. The summed E-state index contributed by atoms with van der Waals surface area (Å²) in [6.45, 7) is 6.73. The predicted molar refractivity (Wildman–Crippen MR) is 132 cm³/mol. The second-order valence-corrected chi connectivity index (χ2v) is 8.71. The minimum atomic E-state index is 0.130. The molecule has 2 aliphatic heterocycles. The SMILES string of the molecule is CN=C(NCC(=O)N1CCN(c2ccccc2)CC1)N1CCC(COCc2ccccc2)C1. The molecule has 2 heterocycles. The Kier molecular flexibility index (Phi) is 8.19. The minimum Gasteiger partial charge on any atom is -0.376 e. The van der Waals surface area contributed by atoms with Crippen molar-refractivity contribution in [1.82, 2.24) is 15.1 Å². The fourth-order valence-electron chi connectivity index (χ4n) is 4.53. The molecule has 2 fully saturated rings. The van der Waals surface area contributed by atoms with E-state index < -0.39 is 0 Å². The van der Waals surface area contributed by atoms with Crippen molar-refractivity contribution >= 4 is 17.6 Å². The standard InChI is InChI=1S/C26H35N5O2/c1-27-26(31-13-12-23(19-31)21-33-20-22-8-4-2-5-9-22)28-18-25(32)30-16-14-29(15-17-30)24-10-6-3-7-11-24/h2-11,23H,12-21H2,1H3,(H,27,28). The Morgan fingerprint density at radius 3 is 2.36 bits per heavy atom. The fourth-order valence-corrected chi connectivity index (χ4v) is 4.53. The molecule has 2 aromatic rings. The number of ether oxygens (including phenoxy) is 1. The van der Waals surface area contributed by atoms with Crippen molar-refractivity contribution in [2.75, 3.05) is 64.4 Å². The Balaban J connectivity index is 1.16. The molecule has 0 bridgehead atoms. The van der Waals surface area contributed by atoms with E-state index in [2.05, 4.69) is 56.5 Å². The molecule has 2 aliphatic rings. The zero-order chi connectivity index (χ0) is 22.9. The highest BCUT2D eigenvalue weighted by Gasteiger charge is 2.26. The molecule has 0 saturated carbocycles. The number of rotatable bonds is 7. The summed E-state index contributed by atoms with van der Waals surface area (Å²) in [6.07, 6.45) is 1.07. The number of anilines is 1. The van der Waals surface area contributed by atoms with Gasteiger partial charge >= 0.3 is 0 Å². The molecule has 4 rings (SSSR count). The molecule has 1 unspecified atom stereocenters. The molecule has 2 saturated heterocycles. The van der Waals surface area contributed by atoms with Gasteiger partial charge in [0.2, 0.25) is 5.91 Å². The van der Waals surface area contributed by atoms with Gasteiger partial charge in [-0.2, -0.15) is 0 Å². The smallest absolute Gasteiger partial charge is 0.242 e. The first-order valence-corrected chi connectivity index (χ1v) is 11.9. The number of nitrogens with one attached hydrogen (secondary N) is 1. The highest BCUT2D eigenvalue weighted by molar-refractivity contribution is 5.86. The van der Waals surface area contributed by atoms with Gasteiger partial charge in [-0.1, -0.05) is 48.5 Å². The third-order valence-electron chi connectivity index (χ3n) is 6.41. The zero-order valence-electron chi connectivity index (χ0n) is 19.5. The van der Waals surface area contributed by atoms with E-state index in [0.717, 1.165) is 58.3 Å². The molecule has 1 amide bonds. The van der Waals surface area contributed by atoms with E-state index in [9.17, 15) is 4.79 Å². The number of hydrogen-bond acceptors (Lipinski definition) is 4. The van der Waals surface area contributed by atoms with Gasteiger partial charge < -0.3 is 24.8 Å². The Labute approximate surface area is 197 Å². The summed E-state index contributed by atoms with van der Waals surface area (Å²) < 4.78 is 5.93. The summed E-state index contributed by atoms with van der Waals surface area (Å²) in [6, 6.07) is 20.7. The van der Waals surface area contributed by atoms with Crippen LogP contribution in [0.25, 0.3) is 0 Å². The molecule has 1 N–H and O–H groups in total. The van der Waals surface area contributed by atoms with Gasteiger partial charge in [-0.3, -0.25) is 9.79 Å². The van der Waals surface area contributed by atoms with E-state index in [0.29, 0.717) is 12.5 Å². The number of carbonyl (C=O) groups is 1. The molecule has 0 spiro atoms. The first kappa shape index (κ1) is 23.1. The number of hydrogen-bond donors (Lipinski definition) is 1. The lowest BCUT2D eigenvalue weighted by Crippen LogP contribution is -2.52. The van der Waals surface area contributed by atoms with Crippen molar-refractivity contribution in [2.45, 2.75) is 13.0 Å². The minimum absolute atomic E-state index is 0.130. The number of guanidine groups is 1. The molecule has 2 aromatic carbocycles. The maximum Gasteiger partial charge on any atom is 0.242 e. The van der Waals surface area contributed by atoms with E-state index in [4.69, 9.17) is 4.74 Å². The predicted octanol–water partition coefficient (Wildman–Crippen LogP) is 2.45. The average molecular weight is 450 g/mol. The second kappa shape index (κ2) is 11.7. The van der Waals surface area contributed by atoms with Crippen molar-refractivity contribution in [2.24, 2.45) is 10.9 Å². The fraction of sp³-hybridized carbons (Fsp3) is 0.462. The van der Waals surface area contributed by atoms with Crippen molar-refractivity contribution in [1.29, 1.82) is 0 Å². The van der Waals surface area contributed by atoms with Crippen LogP contribution in [0.2, 0.25) is 0 Å². The Bertz CT molecular complexity index is 897. The zero-order valence-corrected chi connectivity index (χ0v) is 19.5.